The van der Waals surface area contributed by atoms with Crippen LogP contribution in [0, 0.1) is 11.8 Å². The fourth-order valence-corrected chi connectivity index (χ4v) is 2.86. The van der Waals surface area contributed by atoms with Gasteiger partial charge in [-0.2, -0.15) is 4.98 Å². The van der Waals surface area contributed by atoms with Crippen molar-refractivity contribution in [2.75, 3.05) is 24.2 Å². The normalized spacial score (nSPS) is 22.5. The van der Waals surface area contributed by atoms with E-state index >= 15 is 0 Å². The van der Waals surface area contributed by atoms with E-state index in [9.17, 15) is 0 Å². The summed E-state index contributed by atoms with van der Waals surface area (Å²) in [5.41, 5.74) is 6.48. The summed E-state index contributed by atoms with van der Waals surface area (Å²) in [6, 6.07) is 3.80. The van der Waals surface area contributed by atoms with Gasteiger partial charge in [0.05, 0.1) is 12.3 Å². The van der Waals surface area contributed by atoms with Crippen LogP contribution in [0.2, 0.25) is 0 Å². The molecule has 2 unspecified atom stereocenters. The minimum atomic E-state index is 0.550. The van der Waals surface area contributed by atoms with Gasteiger partial charge in [-0.15, -0.1) is 0 Å². The maximum absolute atomic E-state index is 5.87. The zero-order valence-corrected chi connectivity index (χ0v) is 12.7. The third-order valence-electron chi connectivity index (χ3n) is 3.95. The Morgan fingerprint density at radius 2 is 2.25 bits per heavy atom. The third-order valence-corrected chi connectivity index (χ3v) is 3.95. The average molecular weight is 277 g/mol. The molecule has 0 saturated heterocycles. The Labute approximate surface area is 122 Å². The lowest BCUT2D eigenvalue weighted by Crippen LogP contribution is -2.21. The quantitative estimate of drug-likeness (QED) is 0.832. The summed E-state index contributed by atoms with van der Waals surface area (Å²) in [5, 5.41) is 3.43. The predicted molar refractivity (Wildman–Crippen MR) is 84.0 cm³/mol. The van der Waals surface area contributed by atoms with E-state index in [0.717, 1.165) is 30.6 Å². The molecule has 1 aromatic rings. The van der Waals surface area contributed by atoms with Crippen LogP contribution in [0.4, 0.5) is 11.5 Å². The van der Waals surface area contributed by atoms with Crippen LogP contribution in [0.15, 0.2) is 12.1 Å². The number of hydrogen-bond donors (Lipinski definition) is 2. The topological polar surface area (TPSA) is 60.2 Å². The molecule has 3 N–H and O–H groups in total. The largest absolute Gasteiger partial charge is 0.476 e. The lowest BCUT2D eigenvalue weighted by Gasteiger charge is -2.27. The number of aromatic nitrogens is 1. The van der Waals surface area contributed by atoms with E-state index in [2.05, 4.69) is 24.1 Å². The Morgan fingerprint density at radius 1 is 1.40 bits per heavy atom. The SMILES string of the molecule is CCCOc1nc(NCC2CCCC(C)C2)ccc1N. The van der Waals surface area contributed by atoms with Crippen LogP contribution in [0.25, 0.3) is 0 Å². The molecule has 2 rings (SSSR count). The summed E-state index contributed by atoms with van der Waals surface area (Å²) in [5.74, 6) is 3.04. The van der Waals surface area contributed by atoms with E-state index in [0.29, 0.717) is 18.2 Å². The molecule has 1 aliphatic rings. The van der Waals surface area contributed by atoms with Crippen molar-refractivity contribution < 1.29 is 4.74 Å². The smallest absolute Gasteiger partial charge is 0.239 e. The second kappa shape index (κ2) is 7.36. The Balaban J connectivity index is 1.88. The summed E-state index contributed by atoms with van der Waals surface area (Å²) in [6.07, 6.45) is 6.34. The van der Waals surface area contributed by atoms with E-state index in [1.54, 1.807) is 0 Å². The lowest BCUT2D eigenvalue weighted by molar-refractivity contribution is 0.293. The molecule has 0 aliphatic heterocycles. The number of nitrogen functional groups attached to an aromatic ring is 1. The van der Waals surface area contributed by atoms with Gasteiger partial charge >= 0.3 is 0 Å². The van der Waals surface area contributed by atoms with Gasteiger partial charge in [0.2, 0.25) is 5.88 Å². The van der Waals surface area contributed by atoms with Crippen molar-refractivity contribution in [1.82, 2.24) is 4.98 Å². The van der Waals surface area contributed by atoms with Crippen molar-refractivity contribution in [3.05, 3.63) is 12.1 Å². The van der Waals surface area contributed by atoms with Gasteiger partial charge in [0, 0.05) is 6.54 Å². The highest BCUT2D eigenvalue weighted by Gasteiger charge is 2.18. The van der Waals surface area contributed by atoms with Crippen LogP contribution in [0.1, 0.15) is 46.0 Å². The highest BCUT2D eigenvalue weighted by Crippen LogP contribution is 2.29. The number of nitrogens with zero attached hydrogens (tertiary/aromatic N) is 1. The molecule has 0 aromatic carbocycles. The summed E-state index contributed by atoms with van der Waals surface area (Å²) >= 11 is 0. The van der Waals surface area contributed by atoms with Crippen molar-refractivity contribution in [2.24, 2.45) is 11.8 Å². The molecule has 1 aromatic heterocycles. The Kier molecular flexibility index (Phi) is 5.50. The van der Waals surface area contributed by atoms with E-state index in [4.69, 9.17) is 10.5 Å². The molecule has 112 valence electrons. The number of ether oxygens (including phenoxy) is 1. The molecule has 0 spiro atoms. The van der Waals surface area contributed by atoms with Gasteiger partial charge in [-0.1, -0.05) is 26.7 Å². The minimum Gasteiger partial charge on any atom is -0.476 e. The molecule has 0 radical (unpaired) electrons. The number of nitrogens with one attached hydrogen (secondary N) is 1. The highest BCUT2D eigenvalue weighted by molar-refractivity contribution is 5.53. The molecule has 2 atom stereocenters. The third kappa shape index (κ3) is 4.29. The lowest BCUT2D eigenvalue weighted by atomic mass is 9.82. The molecule has 20 heavy (non-hydrogen) atoms. The van der Waals surface area contributed by atoms with Crippen LogP contribution in [0.5, 0.6) is 5.88 Å². The maximum Gasteiger partial charge on any atom is 0.239 e. The molecule has 1 heterocycles. The first-order valence-corrected chi connectivity index (χ1v) is 7.82. The monoisotopic (exact) mass is 277 g/mol. The second-order valence-corrected chi connectivity index (χ2v) is 5.96. The first kappa shape index (κ1) is 14.9. The zero-order chi connectivity index (χ0) is 14.4. The minimum absolute atomic E-state index is 0.550. The first-order chi connectivity index (χ1) is 9.69. The predicted octanol–water partition coefficient (Wildman–Crippen LogP) is 3.69. The molecule has 1 aliphatic carbocycles. The first-order valence-electron chi connectivity index (χ1n) is 7.82. The number of hydrogen-bond acceptors (Lipinski definition) is 4. The van der Waals surface area contributed by atoms with Crippen molar-refractivity contribution in [1.29, 1.82) is 0 Å². The van der Waals surface area contributed by atoms with Crippen molar-refractivity contribution in [3.63, 3.8) is 0 Å². The Hall–Kier alpha value is -1.45. The molecule has 4 heteroatoms. The Bertz CT molecular complexity index is 422. The summed E-state index contributed by atoms with van der Waals surface area (Å²) in [6.45, 7) is 6.07. The van der Waals surface area contributed by atoms with Gasteiger partial charge in [-0.3, -0.25) is 0 Å². The van der Waals surface area contributed by atoms with Crippen molar-refractivity contribution >= 4 is 11.5 Å². The Morgan fingerprint density at radius 3 is 3.00 bits per heavy atom. The van der Waals surface area contributed by atoms with Crippen LogP contribution in [0.3, 0.4) is 0 Å². The van der Waals surface area contributed by atoms with Gasteiger partial charge < -0.3 is 15.8 Å². The fourth-order valence-electron chi connectivity index (χ4n) is 2.86. The summed E-state index contributed by atoms with van der Waals surface area (Å²) < 4.78 is 5.56. The summed E-state index contributed by atoms with van der Waals surface area (Å²) in [4.78, 5) is 4.45. The molecule has 1 fully saturated rings. The average Bonchev–Trinajstić information content (AvgIpc) is 2.45. The number of nitrogens with two attached hydrogens (primary N) is 1. The van der Waals surface area contributed by atoms with Crippen LogP contribution in [-0.2, 0) is 0 Å². The zero-order valence-electron chi connectivity index (χ0n) is 12.7. The molecule has 4 nitrogen and oxygen atoms in total. The van der Waals surface area contributed by atoms with Crippen LogP contribution in [-0.4, -0.2) is 18.1 Å². The van der Waals surface area contributed by atoms with E-state index in [1.165, 1.54) is 25.7 Å². The van der Waals surface area contributed by atoms with Gasteiger partial charge in [0.15, 0.2) is 0 Å². The van der Waals surface area contributed by atoms with Gasteiger partial charge in [0.25, 0.3) is 0 Å². The van der Waals surface area contributed by atoms with Crippen molar-refractivity contribution in [3.8, 4) is 5.88 Å². The number of anilines is 2. The maximum atomic E-state index is 5.87. The molecular formula is C16H27N3O. The molecule has 1 saturated carbocycles. The second-order valence-electron chi connectivity index (χ2n) is 5.96. The number of rotatable bonds is 6. The fraction of sp³-hybridized carbons (Fsp3) is 0.688. The highest BCUT2D eigenvalue weighted by atomic mass is 16.5. The van der Waals surface area contributed by atoms with Gasteiger partial charge in [-0.05, 0) is 43.2 Å². The number of pyridine rings is 1. The summed E-state index contributed by atoms with van der Waals surface area (Å²) in [7, 11) is 0. The van der Waals surface area contributed by atoms with E-state index < -0.39 is 0 Å². The van der Waals surface area contributed by atoms with Gasteiger partial charge in [0.1, 0.15) is 5.82 Å². The molecule has 0 bridgehead atoms. The van der Waals surface area contributed by atoms with Crippen LogP contribution >= 0.6 is 0 Å². The van der Waals surface area contributed by atoms with E-state index in [-0.39, 0.29) is 0 Å². The van der Waals surface area contributed by atoms with E-state index in [1.807, 2.05) is 12.1 Å². The molecule has 0 amide bonds. The van der Waals surface area contributed by atoms with Crippen molar-refractivity contribution in [2.45, 2.75) is 46.0 Å². The van der Waals surface area contributed by atoms with Gasteiger partial charge in [-0.25, -0.2) is 0 Å². The van der Waals surface area contributed by atoms with Crippen LogP contribution < -0.4 is 15.8 Å². The molecular weight excluding hydrogens is 250 g/mol. The standard InChI is InChI=1S/C16H27N3O/c1-3-9-20-16-14(17)7-8-15(19-16)18-11-13-6-4-5-12(2)10-13/h7-8,12-13H,3-6,9-11,17H2,1-2H3,(H,18,19).